The normalized spacial score (nSPS) is 11.5. The van der Waals surface area contributed by atoms with Gasteiger partial charge in [0.25, 0.3) is 0 Å². The molecule has 6 nitrogen and oxygen atoms in total. The van der Waals surface area contributed by atoms with Gasteiger partial charge in [-0.15, -0.1) is 0 Å². The van der Waals surface area contributed by atoms with Crippen LogP contribution in [0, 0.1) is 0 Å². The molecule has 0 spiro atoms. The third-order valence-electron chi connectivity index (χ3n) is 9.77. The zero-order chi connectivity index (χ0) is 37.8. The Morgan fingerprint density at radius 2 is 0.782 bits per heavy atom. The maximum Gasteiger partial charge on any atom is 0.206 e. The van der Waals surface area contributed by atoms with E-state index in [1.165, 1.54) is 12.1 Å². The van der Waals surface area contributed by atoms with Crippen molar-refractivity contribution in [2.75, 3.05) is 26.4 Å². The molecule has 0 aliphatic carbocycles. The highest BCUT2D eigenvalue weighted by molar-refractivity contribution is 7.91. The molecule has 0 bridgehead atoms. The number of aliphatic hydroxyl groups excluding tert-OH is 2. The molecule has 0 saturated heterocycles. The first kappa shape index (κ1) is 35.8. The Morgan fingerprint density at radius 3 is 1.22 bits per heavy atom. The summed E-state index contributed by atoms with van der Waals surface area (Å²) >= 11 is 0. The number of hydrogen-bond donors (Lipinski definition) is 2. The average molecular weight is 743 g/mol. The molecule has 2 N–H and O–H groups in total. The van der Waals surface area contributed by atoms with Crippen molar-refractivity contribution in [3.63, 3.8) is 0 Å². The summed E-state index contributed by atoms with van der Waals surface area (Å²) in [5.74, 6) is 0.920. The summed E-state index contributed by atoms with van der Waals surface area (Å²) in [6, 6.07) is 54.4. The summed E-state index contributed by atoms with van der Waals surface area (Å²) in [5.41, 5.74) is 6.78. The predicted octanol–water partition coefficient (Wildman–Crippen LogP) is 10.2. The van der Waals surface area contributed by atoms with E-state index < -0.39 is 9.84 Å². The summed E-state index contributed by atoms with van der Waals surface area (Å²) in [6.45, 7) is -0.271. The van der Waals surface area contributed by atoms with Crippen LogP contribution in [-0.2, 0) is 9.84 Å². The molecule has 0 atom stereocenters. The zero-order valence-corrected chi connectivity index (χ0v) is 30.7. The van der Waals surface area contributed by atoms with Crippen molar-refractivity contribution < 1.29 is 28.1 Å². The molecule has 0 radical (unpaired) electrons. The monoisotopic (exact) mass is 742 g/mol. The van der Waals surface area contributed by atoms with Crippen LogP contribution in [0.25, 0.3) is 66.1 Å². The minimum atomic E-state index is -4.07. The summed E-state index contributed by atoms with van der Waals surface area (Å²) in [7, 11) is -4.07. The van der Waals surface area contributed by atoms with E-state index in [0.29, 0.717) is 22.6 Å². The molecule has 0 aliphatic rings. The Hall–Kier alpha value is -6.25. The Morgan fingerprint density at radius 1 is 0.400 bits per heavy atom. The molecule has 0 unspecified atom stereocenters. The number of sulfone groups is 1. The van der Waals surface area contributed by atoms with Crippen molar-refractivity contribution in [3.8, 4) is 56.0 Å². The van der Waals surface area contributed by atoms with Crippen LogP contribution < -0.4 is 9.47 Å². The lowest BCUT2D eigenvalue weighted by molar-refractivity contribution is 0.202. The molecule has 0 amide bonds. The van der Waals surface area contributed by atoms with Crippen LogP contribution in [0.15, 0.2) is 180 Å². The van der Waals surface area contributed by atoms with Crippen LogP contribution in [-0.4, -0.2) is 45.1 Å². The van der Waals surface area contributed by atoms with Gasteiger partial charge in [0.15, 0.2) is 0 Å². The highest BCUT2D eigenvalue weighted by Gasteiger charge is 2.23. The fourth-order valence-electron chi connectivity index (χ4n) is 7.17. The molecular weight excluding hydrogens is 705 g/mol. The Kier molecular flexibility index (Phi) is 10.2. The Labute approximate surface area is 320 Å². The molecule has 8 aromatic carbocycles. The van der Waals surface area contributed by atoms with Gasteiger partial charge >= 0.3 is 0 Å². The quantitative estimate of drug-likeness (QED) is 0.129. The van der Waals surface area contributed by atoms with Gasteiger partial charge in [-0.1, -0.05) is 121 Å². The largest absolute Gasteiger partial charge is 0.491 e. The van der Waals surface area contributed by atoms with Crippen molar-refractivity contribution in [2.45, 2.75) is 9.79 Å². The lowest BCUT2D eigenvalue weighted by atomic mass is 9.95. The molecule has 7 heteroatoms. The maximum absolute atomic E-state index is 14.6. The number of ether oxygens (including phenoxy) is 2. The van der Waals surface area contributed by atoms with Crippen LogP contribution in [0.5, 0.6) is 11.5 Å². The molecule has 8 aromatic rings. The molecule has 0 aromatic heterocycles. The van der Waals surface area contributed by atoms with Gasteiger partial charge in [-0.25, -0.2) is 8.42 Å². The van der Waals surface area contributed by atoms with Gasteiger partial charge in [-0.3, -0.25) is 0 Å². The van der Waals surface area contributed by atoms with E-state index >= 15 is 0 Å². The number of benzene rings is 8. The van der Waals surface area contributed by atoms with Gasteiger partial charge in [0.05, 0.1) is 23.0 Å². The second-order valence-electron chi connectivity index (χ2n) is 13.2. The Bertz CT molecular complexity index is 2580. The smallest absolute Gasteiger partial charge is 0.206 e. The molecule has 8 rings (SSSR count). The number of aliphatic hydroxyl groups is 2. The van der Waals surface area contributed by atoms with Crippen molar-refractivity contribution in [2.24, 2.45) is 0 Å². The average Bonchev–Trinajstić information content (AvgIpc) is 3.24. The highest BCUT2D eigenvalue weighted by atomic mass is 32.2. The van der Waals surface area contributed by atoms with Crippen LogP contribution >= 0.6 is 0 Å². The number of hydrogen-bond acceptors (Lipinski definition) is 6. The minimum absolute atomic E-state index is 0.0542. The van der Waals surface area contributed by atoms with E-state index in [-0.39, 0.29) is 36.2 Å². The Balaban J connectivity index is 1.22. The van der Waals surface area contributed by atoms with E-state index in [0.717, 1.165) is 54.9 Å². The summed E-state index contributed by atoms with van der Waals surface area (Å²) < 4.78 is 41.0. The molecule has 0 fully saturated rings. The van der Waals surface area contributed by atoms with E-state index in [1.54, 1.807) is 24.3 Å². The van der Waals surface area contributed by atoms with E-state index in [4.69, 9.17) is 9.47 Å². The molecule has 0 aliphatic heterocycles. The van der Waals surface area contributed by atoms with Crippen LogP contribution in [0.3, 0.4) is 0 Å². The lowest BCUT2D eigenvalue weighted by Gasteiger charge is -2.16. The first-order valence-corrected chi connectivity index (χ1v) is 19.6. The molecule has 55 heavy (non-hydrogen) atoms. The van der Waals surface area contributed by atoms with Crippen molar-refractivity contribution in [3.05, 3.63) is 170 Å². The second kappa shape index (κ2) is 15.6. The second-order valence-corrected chi connectivity index (χ2v) is 15.1. The van der Waals surface area contributed by atoms with Gasteiger partial charge in [-0.05, 0) is 103 Å². The molecule has 0 heterocycles. The predicted molar refractivity (Wildman–Crippen MR) is 220 cm³/mol. The zero-order valence-electron chi connectivity index (χ0n) is 29.9. The highest BCUT2D eigenvalue weighted by Crippen LogP contribution is 2.40. The van der Waals surface area contributed by atoms with Gasteiger partial charge in [0.1, 0.15) is 24.7 Å². The third kappa shape index (κ3) is 7.21. The molecular formula is C48H38O6S. The molecule has 0 saturated carbocycles. The minimum Gasteiger partial charge on any atom is -0.491 e. The van der Waals surface area contributed by atoms with Gasteiger partial charge in [-0.2, -0.15) is 0 Å². The summed E-state index contributed by atoms with van der Waals surface area (Å²) in [6.07, 6.45) is 0. The van der Waals surface area contributed by atoms with E-state index in [2.05, 4.69) is 48.5 Å². The van der Waals surface area contributed by atoms with Crippen LogP contribution in [0.2, 0.25) is 0 Å². The fraction of sp³-hybridized carbons (Fsp3) is 0.0833. The lowest BCUT2D eigenvalue weighted by Crippen LogP contribution is -2.07. The summed E-state index contributed by atoms with van der Waals surface area (Å²) in [4.78, 5) is 0.183. The van der Waals surface area contributed by atoms with E-state index in [1.807, 2.05) is 84.9 Å². The van der Waals surface area contributed by atoms with Crippen molar-refractivity contribution in [1.29, 1.82) is 0 Å². The molecule has 272 valence electrons. The fourth-order valence-corrected chi connectivity index (χ4v) is 8.48. The SMILES string of the molecule is O=S(=O)(c1ccc(OCCO)c(-c2cccc(-c3cccc4ccccc34)c2)c1)c1ccc(OCCO)c(-c2cccc(-c3cccc4ccccc34)c2)c1. The third-order valence-corrected chi connectivity index (χ3v) is 11.5. The number of fused-ring (bicyclic) bond motifs is 2. The maximum atomic E-state index is 14.6. The van der Waals surface area contributed by atoms with Gasteiger partial charge < -0.3 is 19.7 Å². The van der Waals surface area contributed by atoms with Crippen molar-refractivity contribution in [1.82, 2.24) is 0 Å². The van der Waals surface area contributed by atoms with E-state index in [9.17, 15) is 18.6 Å². The van der Waals surface area contributed by atoms with Crippen LogP contribution in [0.4, 0.5) is 0 Å². The first-order chi connectivity index (χ1) is 26.9. The van der Waals surface area contributed by atoms with Crippen LogP contribution in [0.1, 0.15) is 0 Å². The first-order valence-electron chi connectivity index (χ1n) is 18.1. The summed E-state index contributed by atoms with van der Waals surface area (Å²) in [5, 5.41) is 23.7. The van der Waals surface area contributed by atoms with Crippen molar-refractivity contribution >= 4 is 31.4 Å². The topological polar surface area (TPSA) is 93.1 Å². The number of rotatable bonds is 12. The standard InChI is InChI=1S/C48H38O6S/c49-25-27-53-47-23-21-39(31-45(47)37-15-5-13-35(29-37)43-19-7-11-33-9-1-3-17-41(33)43)55(51,52)40-22-24-48(54-28-26-50)46(32-40)38-16-6-14-36(30-38)44-20-8-12-34-10-2-4-18-42(34)44/h1-24,29-32,49-50H,25-28H2. The van der Waals surface area contributed by atoms with Gasteiger partial charge in [0, 0.05) is 11.1 Å². The van der Waals surface area contributed by atoms with Gasteiger partial charge in [0.2, 0.25) is 9.84 Å².